The Morgan fingerprint density at radius 3 is 2.48 bits per heavy atom. The van der Waals surface area contributed by atoms with Gasteiger partial charge in [-0.15, -0.1) is 0 Å². The van der Waals surface area contributed by atoms with Crippen LogP contribution in [0.3, 0.4) is 0 Å². The van der Waals surface area contributed by atoms with Crippen LogP contribution < -0.4 is 0 Å². The van der Waals surface area contributed by atoms with E-state index in [0.29, 0.717) is 15.0 Å². The number of benzene rings is 2. The number of hydrogen-bond donors (Lipinski definition) is 0. The van der Waals surface area contributed by atoms with Crippen LogP contribution in [-0.2, 0) is 0 Å². The average molecular weight is 362 g/mol. The average Bonchev–Trinajstić information content (AvgIpc) is 2.53. The minimum atomic E-state index is 0.473. The Bertz CT molecular complexity index is 608. The molecule has 0 radical (unpaired) electrons. The minimum absolute atomic E-state index is 0.473. The van der Waals surface area contributed by atoms with Crippen LogP contribution in [0.1, 0.15) is 30.9 Å². The molecule has 0 saturated carbocycles. The fraction of sp³-hybridized carbons (Fsp3) is 0.211. The molecule has 0 aliphatic carbocycles. The predicted molar refractivity (Wildman–Crippen MR) is 94.7 cm³/mol. The number of hydrogen-bond acceptors (Lipinski definition) is 0. The van der Waals surface area contributed by atoms with Gasteiger partial charge in [-0.05, 0) is 0 Å². The zero-order valence-corrected chi connectivity index (χ0v) is 14.7. The second kappa shape index (κ2) is 8.92. The number of halogens is 1. The maximum atomic E-state index is 5.92. The van der Waals surface area contributed by atoms with Crippen LogP contribution in [0.4, 0.5) is 0 Å². The summed E-state index contributed by atoms with van der Waals surface area (Å²) in [5, 5.41) is 2.04. The first-order chi connectivity index (χ1) is 10.3. The normalized spacial score (nSPS) is 10.0. The van der Waals surface area contributed by atoms with E-state index in [1.54, 1.807) is 0 Å². The molecule has 0 aromatic heterocycles. The molecule has 0 heterocycles. The molecule has 0 aliphatic rings. The molecular weight excluding hydrogens is 343 g/mol. The van der Waals surface area contributed by atoms with Crippen molar-refractivity contribution in [2.24, 2.45) is 0 Å². The first-order valence-corrected chi connectivity index (χ1v) is 9.64. The predicted octanol–water partition coefficient (Wildman–Crippen LogP) is 5.92. The molecule has 2 rings (SSSR count). The maximum absolute atomic E-state index is 5.92. The Balaban J connectivity index is 2.25. The van der Waals surface area contributed by atoms with Crippen LogP contribution in [-0.4, -0.2) is 15.0 Å². The molecule has 108 valence electrons. The van der Waals surface area contributed by atoms with Crippen molar-refractivity contribution in [3.63, 3.8) is 0 Å². The van der Waals surface area contributed by atoms with Crippen LogP contribution in [0.25, 0.3) is 10.5 Å². The molecule has 0 atom stereocenters. The molecule has 0 saturated heterocycles. The molecule has 0 fully saturated rings. The third-order valence-electron chi connectivity index (χ3n) is 3.02. The van der Waals surface area contributed by atoms with E-state index in [4.69, 9.17) is 11.6 Å². The zero-order chi connectivity index (χ0) is 14.9. The van der Waals surface area contributed by atoms with E-state index in [-0.39, 0.29) is 0 Å². The van der Waals surface area contributed by atoms with Gasteiger partial charge in [0.25, 0.3) is 0 Å². The third kappa shape index (κ3) is 5.58. The molecule has 2 heteroatoms. The quantitative estimate of drug-likeness (QED) is 0.340. The van der Waals surface area contributed by atoms with Gasteiger partial charge in [-0.2, -0.15) is 0 Å². The Morgan fingerprint density at radius 2 is 1.81 bits per heavy atom. The topological polar surface area (TPSA) is 0 Å². The van der Waals surface area contributed by atoms with E-state index >= 15 is 0 Å². The molecule has 0 aliphatic heterocycles. The molecule has 0 spiro atoms. The monoisotopic (exact) mass is 362 g/mol. The second-order valence-corrected chi connectivity index (χ2v) is 7.49. The molecule has 0 nitrogen and oxygen atoms in total. The summed E-state index contributed by atoms with van der Waals surface area (Å²) in [5.41, 5.74) is 5.94. The van der Waals surface area contributed by atoms with Crippen LogP contribution in [0.2, 0.25) is 10.3 Å². The molecule has 0 bridgehead atoms. The molecule has 21 heavy (non-hydrogen) atoms. The fourth-order valence-electron chi connectivity index (χ4n) is 1.82. The summed E-state index contributed by atoms with van der Waals surface area (Å²) in [6.07, 6.45) is 4.61. The van der Waals surface area contributed by atoms with Crippen LogP contribution >= 0.6 is 11.6 Å². The van der Waals surface area contributed by atoms with Gasteiger partial charge in [0.05, 0.1) is 0 Å². The summed E-state index contributed by atoms with van der Waals surface area (Å²) >= 11 is 6.39. The molecule has 2 aromatic rings. The van der Waals surface area contributed by atoms with Crippen molar-refractivity contribution < 1.29 is 0 Å². The third-order valence-corrected chi connectivity index (χ3v) is 5.65. The van der Waals surface area contributed by atoms with E-state index in [2.05, 4.69) is 49.1 Å². The van der Waals surface area contributed by atoms with Crippen LogP contribution in [0.15, 0.2) is 60.3 Å². The van der Waals surface area contributed by atoms with E-state index in [1.165, 1.54) is 28.2 Å². The van der Waals surface area contributed by atoms with Crippen molar-refractivity contribution >= 4 is 37.1 Å². The molecule has 0 N–H and O–H groups in total. The molecule has 0 unspecified atom stereocenters. The van der Waals surface area contributed by atoms with Gasteiger partial charge < -0.3 is 0 Å². The Morgan fingerprint density at radius 1 is 1.10 bits per heavy atom. The van der Waals surface area contributed by atoms with Gasteiger partial charge in [-0.3, -0.25) is 0 Å². The Hall–Kier alpha value is -1.23. The molecular formula is C19H19ClSe. The number of rotatable bonds is 6. The van der Waals surface area contributed by atoms with Gasteiger partial charge in [0.15, 0.2) is 0 Å². The zero-order valence-electron chi connectivity index (χ0n) is 12.2. The van der Waals surface area contributed by atoms with Gasteiger partial charge in [-0.1, -0.05) is 0 Å². The van der Waals surface area contributed by atoms with Crippen molar-refractivity contribution in [3.05, 3.63) is 76.5 Å². The fourth-order valence-corrected chi connectivity index (χ4v) is 4.22. The summed E-state index contributed by atoms with van der Waals surface area (Å²) < 4.78 is 1.34. The van der Waals surface area contributed by atoms with Crippen LogP contribution in [0, 0.1) is 0 Å². The number of unbranched alkanes of at least 4 members (excludes halogenated alkanes) is 1. The summed E-state index contributed by atoms with van der Waals surface area (Å²) in [6, 6.07) is 18.5. The van der Waals surface area contributed by atoms with E-state index < -0.39 is 0 Å². The van der Waals surface area contributed by atoms with Crippen molar-refractivity contribution in [2.45, 2.75) is 25.1 Å². The van der Waals surface area contributed by atoms with Crippen molar-refractivity contribution in [2.75, 3.05) is 0 Å². The summed E-state index contributed by atoms with van der Waals surface area (Å²) in [5.74, 6) is 0. The van der Waals surface area contributed by atoms with Crippen molar-refractivity contribution in [3.8, 4) is 0 Å². The SMILES string of the molecule is CCCC[Se]C(=C=Cc1ccc(Cl)cc1)c1ccccc1. The summed E-state index contributed by atoms with van der Waals surface area (Å²) in [6.45, 7) is 2.24. The molecule has 0 amide bonds. The van der Waals surface area contributed by atoms with Gasteiger partial charge in [0.1, 0.15) is 0 Å². The van der Waals surface area contributed by atoms with E-state index in [1.807, 2.05) is 24.3 Å². The summed E-state index contributed by atoms with van der Waals surface area (Å²) in [4.78, 5) is 0. The van der Waals surface area contributed by atoms with Crippen LogP contribution in [0.5, 0.6) is 0 Å². The van der Waals surface area contributed by atoms with E-state index in [0.717, 1.165) is 10.6 Å². The molecule has 2 aromatic carbocycles. The Kier molecular flexibility index (Phi) is 6.86. The van der Waals surface area contributed by atoms with Gasteiger partial charge >= 0.3 is 139 Å². The first kappa shape index (κ1) is 16.1. The van der Waals surface area contributed by atoms with Gasteiger partial charge in [-0.25, -0.2) is 0 Å². The van der Waals surface area contributed by atoms with Crippen molar-refractivity contribution in [1.29, 1.82) is 0 Å². The standard InChI is InChI=1S/C19H19ClSe/c1-2-3-15-21-19(17-7-5-4-6-8-17)14-11-16-9-12-18(20)13-10-16/h4-13H,2-3,15H2,1H3. The van der Waals surface area contributed by atoms with Gasteiger partial charge in [0.2, 0.25) is 0 Å². The van der Waals surface area contributed by atoms with E-state index in [9.17, 15) is 0 Å². The first-order valence-electron chi connectivity index (χ1n) is 7.20. The Labute approximate surface area is 138 Å². The summed E-state index contributed by atoms with van der Waals surface area (Å²) in [7, 11) is 0. The van der Waals surface area contributed by atoms with Gasteiger partial charge in [0, 0.05) is 0 Å². The second-order valence-electron chi connectivity index (χ2n) is 4.74. The van der Waals surface area contributed by atoms with Crippen molar-refractivity contribution in [1.82, 2.24) is 0 Å².